The van der Waals surface area contributed by atoms with Crippen molar-refractivity contribution in [2.24, 2.45) is 17.6 Å². The fourth-order valence-corrected chi connectivity index (χ4v) is 2.17. The van der Waals surface area contributed by atoms with Crippen molar-refractivity contribution < 1.29 is 9.59 Å². The third kappa shape index (κ3) is 1.59. The van der Waals surface area contributed by atoms with Gasteiger partial charge in [-0.2, -0.15) is 0 Å². The smallest absolute Gasteiger partial charge is 0.238 e. The number of hydrogen-bond donors (Lipinski definition) is 1. The molecule has 2 heterocycles. The van der Waals surface area contributed by atoms with Crippen LogP contribution in [0.3, 0.4) is 0 Å². The average Bonchev–Trinajstić information content (AvgIpc) is 3.12. The van der Waals surface area contributed by atoms with Crippen LogP contribution in [0.5, 0.6) is 0 Å². The van der Waals surface area contributed by atoms with Crippen molar-refractivity contribution in [1.82, 2.24) is 4.98 Å². The van der Waals surface area contributed by atoms with Crippen LogP contribution in [0.4, 0.5) is 5.82 Å². The standard InChI is InChI=1S/C13H11N3O2/c14-6-2-4-8-3-1-5-11(15-8)16-12(17)9-7-10(9)13(16)18/h1,3,5,9-10H,6-7,14H2. The van der Waals surface area contributed by atoms with Gasteiger partial charge < -0.3 is 5.73 Å². The maximum absolute atomic E-state index is 11.9. The number of imide groups is 1. The summed E-state index contributed by atoms with van der Waals surface area (Å²) in [7, 11) is 0. The van der Waals surface area contributed by atoms with E-state index >= 15 is 0 Å². The first-order valence-electron chi connectivity index (χ1n) is 5.76. The van der Waals surface area contributed by atoms with Gasteiger partial charge in [0.15, 0.2) is 0 Å². The van der Waals surface area contributed by atoms with Gasteiger partial charge in [-0.1, -0.05) is 12.0 Å². The van der Waals surface area contributed by atoms with Crippen LogP contribution in [-0.2, 0) is 9.59 Å². The molecule has 1 aliphatic heterocycles. The minimum atomic E-state index is -0.138. The molecule has 2 N–H and O–H groups in total. The van der Waals surface area contributed by atoms with Gasteiger partial charge in [0.2, 0.25) is 11.8 Å². The van der Waals surface area contributed by atoms with Crippen molar-refractivity contribution in [3.05, 3.63) is 23.9 Å². The first-order valence-corrected chi connectivity index (χ1v) is 5.76. The molecule has 2 unspecified atom stereocenters. The number of nitrogens with two attached hydrogens (primary N) is 1. The Bertz CT molecular complexity index is 580. The lowest BCUT2D eigenvalue weighted by molar-refractivity contribution is -0.123. The maximum Gasteiger partial charge on any atom is 0.238 e. The van der Waals surface area contributed by atoms with Gasteiger partial charge in [-0.25, -0.2) is 9.88 Å². The van der Waals surface area contributed by atoms with E-state index in [2.05, 4.69) is 16.8 Å². The molecule has 2 fully saturated rings. The van der Waals surface area contributed by atoms with E-state index in [0.717, 1.165) is 0 Å². The van der Waals surface area contributed by atoms with Crippen LogP contribution < -0.4 is 10.6 Å². The summed E-state index contributed by atoms with van der Waals surface area (Å²) < 4.78 is 0. The second-order valence-corrected chi connectivity index (χ2v) is 4.35. The highest BCUT2D eigenvalue weighted by atomic mass is 16.2. The zero-order valence-electron chi connectivity index (χ0n) is 9.59. The van der Waals surface area contributed by atoms with Crippen molar-refractivity contribution in [2.45, 2.75) is 6.42 Å². The fourth-order valence-electron chi connectivity index (χ4n) is 2.17. The van der Waals surface area contributed by atoms with Gasteiger partial charge in [0.05, 0.1) is 18.4 Å². The van der Waals surface area contributed by atoms with Gasteiger partial charge >= 0.3 is 0 Å². The maximum atomic E-state index is 11.9. The molecule has 1 saturated carbocycles. The third-order valence-corrected chi connectivity index (χ3v) is 3.15. The molecule has 2 amide bonds. The molecule has 18 heavy (non-hydrogen) atoms. The quantitative estimate of drug-likeness (QED) is 0.550. The Kier molecular flexibility index (Phi) is 2.39. The van der Waals surface area contributed by atoms with Crippen LogP contribution in [0.1, 0.15) is 12.1 Å². The Labute approximate surface area is 104 Å². The Morgan fingerprint density at radius 2 is 2.06 bits per heavy atom. The summed E-state index contributed by atoms with van der Waals surface area (Å²) in [6.07, 6.45) is 0.695. The number of piperidine rings is 1. The van der Waals surface area contributed by atoms with Gasteiger partial charge in [-0.3, -0.25) is 9.59 Å². The van der Waals surface area contributed by atoms with E-state index in [9.17, 15) is 9.59 Å². The van der Waals surface area contributed by atoms with Crippen molar-refractivity contribution in [3.63, 3.8) is 0 Å². The molecule has 1 aliphatic carbocycles. The summed E-state index contributed by atoms with van der Waals surface area (Å²) in [6, 6.07) is 5.10. The lowest BCUT2D eigenvalue weighted by Crippen LogP contribution is -2.33. The van der Waals surface area contributed by atoms with Crippen LogP contribution in [0, 0.1) is 23.7 Å². The summed E-state index contributed by atoms with van der Waals surface area (Å²) in [4.78, 5) is 29.2. The van der Waals surface area contributed by atoms with Crippen LogP contribution >= 0.6 is 0 Å². The highest BCUT2D eigenvalue weighted by molar-refractivity contribution is 6.24. The van der Waals surface area contributed by atoms with Crippen molar-refractivity contribution in [2.75, 3.05) is 11.4 Å². The number of hydrogen-bond acceptors (Lipinski definition) is 4. The van der Waals surface area contributed by atoms with Crippen LogP contribution in [0.25, 0.3) is 0 Å². The number of rotatable bonds is 1. The lowest BCUT2D eigenvalue weighted by Gasteiger charge is -2.15. The monoisotopic (exact) mass is 241 g/mol. The van der Waals surface area contributed by atoms with Crippen LogP contribution in [0.2, 0.25) is 0 Å². The molecule has 3 rings (SSSR count). The first-order chi connectivity index (χ1) is 8.72. The number of amides is 2. The molecule has 1 saturated heterocycles. The van der Waals surface area contributed by atoms with Gasteiger partial charge in [-0.15, -0.1) is 0 Å². The number of nitrogens with zero attached hydrogens (tertiary/aromatic N) is 2. The molecule has 1 aromatic rings. The van der Waals surface area contributed by atoms with E-state index < -0.39 is 0 Å². The number of fused-ring (bicyclic) bond motifs is 1. The number of carbonyl (C=O) groups excluding carboxylic acids is 2. The average molecular weight is 241 g/mol. The van der Waals surface area contributed by atoms with E-state index in [0.29, 0.717) is 17.9 Å². The number of aromatic nitrogens is 1. The third-order valence-electron chi connectivity index (χ3n) is 3.15. The highest BCUT2D eigenvalue weighted by Crippen LogP contribution is 2.47. The predicted molar refractivity (Wildman–Crippen MR) is 64.3 cm³/mol. The second-order valence-electron chi connectivity index (χ2n) is 4.35. The zero-order valence-corrected chi connectivity index (χ0v) is 9.59. The zero-order chi connectivity index (χ0) is 12.7. The second kappa shape index (κ2) is 3.93. The van der Waals surface area contributed by atoms with E-state index in [1.165, 1.54) is 4.90 Å². The van der Waals surface area contributed by atoms with Gasteiger partial charge in [-0.05, 0) is 24.5 Å². The molecule has 0 aromatic carbocycles. The van der Waals surface area contributed by atoms with Crippen LogP contribution in [0.15, 0.2) is 18.2 Å². The Hall–Kier alpha value is -2.19. The molecule has 1 aromatic heterocycles. The Morgan fingerprint density at radius 1 is 1.33 bits per heavy atom. The normalized spacial score (nSPS) is 24.6. The first kappa shape index (κ1) is 10.9. The summed E-state index contributed by atoms with van der Waals surface area (Å²) in [5, 5.41) is 0. The Balaban J connectivity index is 1.93. The Morgan fingerprint density at radius 3 is 2.72 bits per heavy atom. The summed E-state index contributed by atoms with van der Waals surface area (Å²) in [6.45, 7) is 0.248. The lowest BCUT2D eigenvalue weighted by atomic mass is 10.3. The highest BCUT2D eigenvalue weighted by Gasteiger charge is 2.59. The topological polar surface area (TPSA) is 76.3 Å². The fraction of sp³-hybridized carbons (Fsp3) is 0.308. The van der Waals surface area contributed by atoms with Crippen molar-refractivity contribution >= 4 is 17.6 Å². The number of anilines is 1. The summed E-state index contributed by atoms with van der Waals surface area (Å²) in [5.41, 5.74) is 5.80. The SMILES string of the molecule is NCC#Cc1cccc(N2C(=O)C3CC3C2=O)n1. The number of carbonyl (C=O) groups is 2. The molecule has 5 nitrogen and oxygen atoms in total. The van der Waals surface area contributed by atoms with Gasteiger partial charge in [0.25, 0.3) is 0 Å². The van der Waals surface area contributed by atoms with Gasteiger partial charge in [0, 0.05) is 0 Å². The molecule has 2 atom stereocenters. The molecule has 90 valence electrons. The predicted octanol–water partition coefficient (Wildman–Crippen LogP) is -0.0989. The molecule has 0 spiro atoms. The van der Waals surface area contributed by atoms with Crippen molar-refractivity contribution in [3.8, 4) is 11.8 Å². The van der Waals surface area contributed by atoms with E-state index in [4.69, 9.17) is 5.73 Å². The minimum Gasteiger partial charge on any atom is -0.320 e. The molecule has 0 bridgehead atoms. The van der Waals surface area contributed by atoms with Crippen LogP contribution in [-0.4, -0.2) is 23.3 Å². The van der Waals surface area contributed by atoms with Crippen molar-refractivity contribution in [1.29, 1.82) is 0 Å². The van der Waals surface area contributed by atoms with E-state index in [-0.39, 0.29) is 30.2 Å². The molecule has 0 radical (unpaired) electrons. The summed E-state index contributed by atoms with van der Waals surface area (Å²) >= 11 is 0. The molecule has 5 heteroatoms. The largest absolute Gasteiger partial charge is 0.320 e. The number of pyridine rings is 1. The molecular weight excluding hydrogens is 230 g/mol. The van der Waals surface area contributed by atoms with E-state index in [1.807, 2.05) is 0 Å². The van der Waals surface area contributed by atoms with Gasteiger partial charge in [0.1, 0.15) is 11.5 Å². The summed E-state index contributed by atoms with van der Waals surface area (Å²) in [5.74, 6) is 5.34. The van der Waals surface area contributed by atoms with E-state index in [1.54, 1.807) is 18.2 Å². The molecular formula is C13H11N3O2. The minimum absolute atomic E-state index is 0.113. The molecule has 2 aliphatic rings.